The maximum Gasteiger partial charge on any atom is 0.258 e. The fraction of sp³-hybridized carbons (Fsp3) is 0.273. The van der Waals surface area contributed by atoms with Crippen molar-refractivity contribution in [2.75, 3.05) is 16.3 Å². The van der Waals surface area contributed by atoms with Gasteiger partial charge in [-0.15, -0.1) is 0 Å². The van der Waals surface area contributed by atoms with Crippen molar-refractivity contribution in [1.82, 2.24) is 0 Å². The Hall–Kier alpha value is -2.88. The SMILES string of the molecule is CS(=O)(=O)Nc1cc(Cl)cc(NC(=O)/C(C=N[C@H]2CC[C@@H]2OCc2ccccc2)=C\N)c1. The summed E-state index contributed by atoms with van der Waals surface area (Å²) < 4.78 is 31.1. The average molecular weight is 477 g/mol. The lowest BCUT2D eigenvalue weighted by molar-refractivity contribution is -0.112. The van der Waals surface area contributed by atoms with Crippen LogP contribution in [0.4, 0.5) is 11.4 Å². The predicted molar refractivity (Wildman–Crippen MR) is 127 cm³/mol. The van der Waals surface area contributed by atoms with Crippen LogP contribution in [-0.2, 0) is 26.2 Å². The van der Waals surface area contributed by atoms with Crippen LogP contribution in [0.15, 0.2) is 65.3 Å². The number of ether oxygens (including phenoxy) is 1. The first-order valence-electron chi connectivity index (χ1n) is 9.94. The van der Waals surface area contributed by atoms with Crippen LogP contribution < -0.4 is 15.8 Å². The lowest BCUT2D eigenvalue weighted by Gasteiger charge is -2.33. The Bertz CT molecular complexity index is 1120. The third-order valence-corrected chi connectivity index (χ3v) is 5.61. The molecule has 8 nitrogen and oxygen atoms in total. The van der Waals surface area contributed by atoms with E-state index in [1.54, 1.807) is 0 Å². The fourth-order valence-corrected chi connectivity index (χ4v) is 3.87. The molecule has 1 amide bonds. The third-order valence-electron chi connectivity index (χ3n) is 4.79. The molecule has 0 aromatic heterocycles. The average Bonchev–Trinajstić information content (AvgIpc) is 2.69. The number of sulfonamides is 1. The van der Waals surface area contributed by atoms with E-state index in [0.717, 1.165) is 30.9 Å². The smallest absolute Gasteiger partial charge is 0.258 e. The molecule has 3 rings (SSSR count). The number of hydrogen-bond acceptors (Lipinski definition) is 6. The number of halogens is 1. The second-order valence-electron chi connectivity index (χ2n) is 7.44. The molecule has 0 bridgehead atoms. The highest BCUT2D eigenvalue weighted by molar-refractivity contribution is 7.92. The van der Waals surface area contributed by atoms with E-state index < -0.39 is 15.9 Å². The Kier molecular flexibility index (Phi) is 7.89. The molecule has 1 saturated carbocycles. The summed E-state index contributed by atoms with van der Waals surface area (Å²) in [5, 5.41) is 2.91. The molecule has 0 aliphatic heterocycles. The first-order valence-corrected chi connectivity index (χ1v) is 12.2. The molecule has 1 aliphatic rings. The maximum atomic E-state index is 12.6. The van der Waals surface area contributed by atoms with Gasteiger partial charge in [0.2, 0.25) is 10.0 Å². The Morgan fingerprint density at radius 1 is 1.22 bits per heavy atom. The van der Waals surface area contributed by atoms with E-state index in [2.05, 4.69) is 15.0 Å². The summed E-state index contributed by atoms with van der Waals surface area (Å²) >= 11 is 6.03. The van der Waals surface area contributed by atoms with Crippen molar-refractivity contribution in [3.63, 3.8) is 0 Å². The van der Waals surface area contributed by atoms with Crippen molar-refractivity contribution in [3.05, 3.63) is 70.9 Å². The largest absolute Gasteiger partial charge is 0.404 e. The molecular weight excluding hydrogens is 452 g/mol. The van der Waals surface area contributed by atoms with Gasteiger partial charge in [0.15, 0.2) is 0 Å². The summed E-state index contributed by atoms with van der Waals surface area (Å²) in [6.45, 7) is 0.510. The summed E-state index contributed by atoms with van der Waals surface area (Å²) in [5.41, 5.74) is 7.42. The van der Waals surface area contributed by atoms with Gasteiger partial charge in [0, 0.05) is 23.1 Å². The summed E-state index contributed by atoms with van der Waals surface area (Å²) in [6, 6.07) is 14.2. The molecule has 170 valence electrons. The number of carbonyl (C=O) groups is 1. The highest BCUT2D eigenvalue weighted by Gasteiger charge is 2.31. The quantitative estimate of drug-likeness (QED) is 0.378. The number of amides is 1. The predicted octanol–water partition coefficient (Wildman–Crippen LogP) is 3.31. The van der Waals surface area contributed by atoms with Gasteiger partial charge >= 0.3 is 0 Å². The van der Waals surface area contributed by atoms with Gasteiger partial charge in [-0.3, -0.25) is 14.5 Å². The van der Waals surface area contributed by atoms with Gasteiger partial charge in [-0.2, -0.15) is 0 Å². The van der Waals surface area contributed by atoms with Crippen LogP contribution in [0.1, 0.15) is 18.4 Å². The maximum absolute atomic E-state index is 12.6. The lowest BCUT2D eigenvalue weighted by Crippen LogP contribution is -2.38. The molecule has 1 aliphatic carbocycles. The summed E-state index contributed by atoms with van der Waals surface area (Å²) in [7, 11) is -3.49. The lowest BCUT2D eigenvalue weighted by atomic mass is 9.89. The van der Waals surface area contributed by atoms with Crippen molar-refractivity contribution < 1.29 is 17.9 Å². The zero-order chi connectivity index (χ0) is 23.1. The van der Waals surface area contributed by atoms with Crippen LogP contribution in [0.2, 0.25) is 5.02 Å². The number of nitrogens with one attached hydrogen (secondary N) is 2. The van der Waals surface area contributed by atoms with Crippen LogP contribution in [-0.4, -0.2) is 38.9 Å². The Balaban J connectivity index is 1.58. The van der Waals surface area contributed by atoms with Crippen molar-refractivity contribution in [2.24, 2.45) is 10.7 Å². The van der Waals surface area contributed by atoms with Gasteiger partial charge in [-0.25, -0.2) is 8.42 Å². The number of hydrogen-bond donors (Lipinski definition) is 3. The number of nitrogens with two attached hydrogens (primary N) is 1. The fourth-order valence-electron chi connectivity index (χ4n) is 3.09. The van der Waals surface area contributed by atoms with E-state index in [-0.39, 0.29) is 28.4 Å². The van der Waals surface area contributed by atoms with Crippen molar-refractivity contribution in [3.8, 4) is 0 Å². The molecule has 2 aromatic rings. The van der Waals surface area contributed by atoms with Gasteiger partial charge in [-0.1, -0.05) is 41.9 Å². The Morgan fingerprint density at radius 2 is 1.94 bits per heavy atom. The van der Waals surface area contributed by atoms with E-state index in [0.29, 0.717) is 12.3 Å². The van der Waals surface area contributed by atoms with Gasteiger partial charge in [0.05, 0.1) is 36.3 Å². The summed E-state index contributed by atoms with van der Waals surface area (Å²) in [4.78, 5) is 17.1. The van der Waals surface area contributed by atoms with Gasteiger partial charge < -0.3 is 15.8 Å². The first-order chi connectivity index (χ1) is 15.2. The third kappa shape index (κ3) is 7.08. The topological polar surface area (TPSA) is 123 Å². The van der Waals surface area contributed by atoms with E-state index >= 15 is 0 Å². The normalized spacial score (nSPS) is 18.9. The van der Waals surface area contributed by atoms with Crippen molar-refractivity contribution in [2.45, 2.75) is 31.6 Å². The monoisotopic (exact) mass is 476 g/mol. The van der Waals surface area contributed by atoms with Crippen LogP contribution in [0, 0.1) is 0 Å². The second kappa shape index (κ2) is 10.6. The van der Waals surface area contributed by atoms with E-state index in [4.69, 9.17) is 22.1 Å². The molecule has 0 saturated heterocycles. The highest BCUT2D eigenvalue weighted by Crippen LogP contribution is 2.28. The molecule has 1 fully saturated rings. The minimum absolute atomic E-state index is 0.00824. The minimum Gasteiger partial charge on any atom is -0.404 e. The molecule has 0 radical (unpaired) electrons. The number of benzene rings is 2. The molecule has 2 atom stereocenters. The number of rotatable bonds is 9. The molecule has 2 aromatic carbocycles. The first kappa shape index (κ1) is 23.8. The van der Waals surface area contributed by atoms with E-state index in [1.807, 2.05) is 30.3 Å². The van der Waals surface area contributed by atoms with Crippen LogP contribution >= 0.6 is 11.6 Å². The Labute approximate surface area is 192 Å². The van der Waals surface area contributed by atoms with E-state index in [9.17, 15) is 13.2 Å². The second-order valence-corrected chi connectivity index (χ2v) is 9.62. The molecule has 32 heavy (non-hydrogen) atoms. The number of aliphatic imine (C=N–C) groups is 1. The van der Waals surface area contributed by atoms with Crippen LogP contribution in [0.5, 0.6) is 0 Å². The van der Waals surface area contributed by atoms with Crippen LogP contribution in [0.25, 0.3) is 0 Å². The van der Waals surface area contributed by atoms with Gasteiger partial charge in [0.1, 0.15) is 0 Å². The van der Waals surface area contributed by atoms with E-state index in [1.165, 1.54) is 24.4 Å². The zero-order valence-corrected chi connectivity index (χ0v) is 19.1. The molecular formula is C22H25ClN4O4S. The molecule has 0 unspecified atom stereocenters. The molecule has 0 heterocycles. The van der Waals surface area contributed by atoms with Gasteiger partial charge in [0.25, 0.3) is 5.91 Å². The standard InChI is InChI=1S/C22H25ClN4O4S/c1-32(29,30)27-19-10-17(23)9-18(11-19)26-22(28)16(12-24)13-25-20-7-8-21(20)31-14-15-5-3-2-4-6-15/h2-6,9-13,20-21,27H,7-8,14,24H2,1H3,(H,26,28)/b16-12-,25-13?/t20-,21-/m0/s1. The number of carbonyl (C=O) groups excluding carboxylic acids is 1. The number of anilines is 2. The molecule has 10 heteroatoms. The van der Waals surface area contributed by atoms with Crippen molar-refractivity contribution in [1.29, 1.82) is 0 Å². The number of nitrogens with zero attached hydrogens (tertiary/aromatic N) is 1. The van der Waals surface area contributed by atoms with Gasteiger partial charge in [-0.05, 0) is 36.6 Å². The molecule has 0 spiro atoms. The minimum atomic E-state index is -3.49. The highest BCUT2D eigenvalue weighted by atomic mass is 35.5. The van der Waals surface area contributed by atoms with Crippen molar-refractivity contribution >= 4 is 45.1 Å². The summed E-state index contributed by atoms with van der Waals surface area (Å²) in [5.74, 6) is -0.495. The van der Waals surface area contributed by atoms with Crippen LogP contribution in [0.3, 0.4) is 0 Å². The summed E-state index contributed by atoms with van der Waals surface area (Å²) in [6.07, 6.45) is 5.38. The molecule has 4 N–H and O–H groups in total. The zero-order valence-electron chi connectivity index (χ0n) is 17.5. The Morgan fingerprint density at radius 3 is 2.56 bits per heavy atom.